The van der Waals surface area contributed by atoms with E-state index in [0.29, 0.717) is 22.5 Å². The van der Waals surface area contributed by atoms with Crippen molar-refractivity contribution in [3.05, 3.63) is 42.2 Å². The van der Waals surface area contributed by atoms with Crippen LogP contribution in [0.2, 0.25) is 0 Å². The van der Waals surface area contributed by atoms with E-state index in [0.717, 1.165) is 35.7 Å². The zero-order chi connectivity index (χ0) is 19.8. The van der Waals surface area contributed by atoms with Crippen molar-refractivity contribution in [1.82, 2.24) is 24.2 Å². The van der Waals surface area contributed by atoms with E-state index < -0.39 is 0 Å². The molecule has 2 aliphatic rings. The number of pyridine rings is 2. The molecule has 0 bridgehead atoms. The van der Waals surface area contributed by atoms with Crippen LogP contribution in [0.1, 0.15) is 24.8 Å². The first-order valence-electron chi connectivity index (χ1n) is 9.93. The van der Waals surface area contributed by atoms with Gasteiger partial charge in [0.25, 0.3) is 0 Å². The number of likely N-dealkylation sites (tertiary alicyclic amines) is 1. The Morgan fingerprint density at radius 1 is 1.24 bits per heavy atom. The van der Waals surface area contributed by atoms with Crippen molar-refractivity contribution in [3.63, 3.8) is 0 Å². The fourth-order valence-corrected chi connectivity index (χ4v) is 4.93. The lowest BCUT2D eigenvalue weighted by atomic mass is 9.66. The van der Waals surface area contributed by atoms with Gasteiger partial charge in [0.05, 0.1) is 12.3 Å². The largest absolute Gasteiger partial charge is 0.489 e. The monoisotopic (exact) mass is 408 g/mol. The summed E-state index contributed by atoms with van der Waals surface area (Å²) in [5, 5.41) is 3.92. The van der Waals surface area contributed by atoms with Gasteiger partial charge >= 0.3 is 0 Å². The topological polar surface area (TPSA) is 76.1 Å². The Kier molecular flexibility index (Phi) is 4.67. The van der Waals surface area contributed by atoms with Crippen molar-refractivity contribution in [3.8, 4) is 17.3 Å². The molecule has 7 nitrogen and oxygen atoms in total. The van der Waals surface area contributed by atoms with E-state index in [4.69, 9.17) is 4.74 Å². The van der Waals surface area contributed by atoms with E-state index in [2.05, 4.69) is 36.6 Å². The number of hydrogen-bond donors (Lipinski definition) is 1. The lowest BCUT2D eigenvalue weighted by Crippen LogP contribution is -2.45. The van der Waals surface area contributed by atoms with Crippen molar-refractivity contribution in [2.45, 2.75) is 32.3 Å². The first-order chi connectivity index (χ1) is 14.1. The van der Waals surface area contributed by atoms with Crippen molar-refractivity contribution in [2.75, 3.05) is 25.5 Å². The van der Waals surface area contributed by atoms with Crippen LogP contribution in [0.4, 0.5) is 10.9 Å². The van der Waals surface area contributed by atoms with Crippen LogP contribution < -0.4 is 10.1 Å². The normalized spacial score (nSPS) is 23.9. The average molecular weight is 409 g/mol. The lowest BCUT2D eigenvalue weighted by molar-refractivity contribution is -0.00686. The highest BCUT2D eigenvalue weighted by Crippen LogP contribution is 2.49. The maximum Gasteiger partial charge on any atom is 0.208 e. The maximum atomic E-state index is 6.12. The third-order valence-corrected chi connectivity index (χ3v) is 6.51. The number of anilines is 2. The van der Waals surface area contributed by atoms with Gasteiger partial charge in [0.15, 0.2) is 5.82 Å². The molecule has 1 saturated carbocycles. The Balaban J connectivity index is 1.20. The zero-order valence-electron chi connectivity index (χ0n) is 16.6. The van der Waals surface area contributed by atoms with Crippen LogP contribution in [0.15, 0.2) is 36.7 Å². The maximum absolute atomic E-state index is 6.12. The third-order valence-electron chi connectivity index (χ3n) is 5.88. The van der Waals surface area contributed by atoms with Crippen LogP contribution in [0.3, 0.4) is 0 Å². The quantitative estimate of drug-likeness (QED) is 0.686. The van der Waals surface area contributed by atoms with E-state index in [9.17, 15) is 0 Å². The van der Waals surface area contributed by atoms with Crippen LogP contribution in [0, 0.1) is 12.3 Å². The first-order valence-corrected chi connectivity index (χ1v) is 10.7. The summed E-state index contributed by atoms with van der Waals surface area (Å²) in [6, 6.07) is 7.80. The summed E-state index contributed by atoms with van der Waals surface area (Å²) >= 11 is 1.30. The van der Waals surface area contributed by atoms with Gasteiger partial charge in [0.2, 0.25) is 5.13 Å². The molecule has 150 valence electrons. The highest BCUT2D eigenvalue weighted by atomic mass is 32.1. The number of aryl methyl sites for hydroxylation is 1. The highest BCUT2D eigenvalue weighted by Gasteiger charge is 2.48. The van der Waals surface area contributed by atoms with Gasteiger partial charge in [-0.15, -0.1) is 0 Å². The van der Waals surface area contributed by atoms with Gasteiger partial charge in [-0.3, -0.25) is 0 Å². The predicted octanol–water partition coefficient (Wildman–Crippen LogP) is 3.91. The number of aromatic nitrogens is 4. The van der Waals surface area contributed by atoms with E-state index in [1.807, 2.05) is 31.2 Å². The molecule has 1 N–H and O–H groups in total. The van der Waals surface area contributed by atoms with Crippen LogP contribution >= 0.6 is 11.5 Å². The summed E-state index contributed by atoms with van der Waals surface area (Å²) in [6.45, 7) is 4.42. The van der Waals surface area contributed by atoms with Crippen molar-refractivity contribution in [2.24, 2.45) is 5.41 Å². The molecule has 8 heteroatoms. The molecule has 5 rings (SSSR count). The molecule has 1 spiro atoms. The van der Waals surface area contributed by atoms with E-state index in [1.165, 1.54) is 31.0 Å². The SMILES string of the molecule is Cc1cccnc1Nc1nc(-c2ccc(OC3CC4(CCN(C)C4)C3)cn2)ns1. The molecule has 3 aromatic heterocycles. The van der Waals surface area contributed by atoms with E-state index >= 15 is 0 Å². The second-order valence-corrected chi connectivity index (χ2v) is 8.98. The Bertz CT molecular complexity index is 998. The summed E-state index contributed by atoms with van der Waals surface area (Å²) in [5.41, 5.74) is 2.29. The number of nitrogens with one attached hydrogen (secondary N) is 1. The summed E-state index contributed by atoms with van der Waals surface area (Å²) in [5.74, 6) is 2.21. The third kappa shape index (κ3) is 3.82. The smallest absolute Gasteiger partial charge is 0.208 e. The molecule has 0 radical (unpaired) electrons. The fourth-order valence-electron chi connectivity index (χ4n) is 4.35. The van der Waals surface area contributed by atoms with Crippen molar-refractivity contribution < 1.29 is 4.74 Å². The molecular weight excluding hydrogens is 384 g/mol. The van der Waals surface area contributed by atoms with Crippen LogP contribution in [-0.2, 0) is 0 Å². The molecule has 1 saturated heterocycles. The summed E-state index contributed by atoms with van der Waals surface area (Å²) in [7, 11) is 2.20. The molecule has 0 atom stereocenters. The molecule has 29 heavy (non-hydrogen) atoms. The van der Waals surface area contributed by atoms with Gasteiger partial charge < -0.3 is 15.0 Å². The molecule has 3 aromatic rings. The molecule has 4 heterocycles. The molecule has 0 unspecified atom stereocenters. The second kappa shape index (κ2) is 7.35. The standard InChI is InChI=1S/C21H24N6OS/c1-14-4-3-8-22-18(14)24-20-25-19(26-29-20)17-6-5-15(12-23-17)28-16-10-21(11-16)7-9-27(2)13-21/h3-6,8,12,16H,7,9-11,13H2,1-2H3,(H,22,24,25,26). The summed E-state index contributed by atoms with van der Waals surface area (Å²) in [4.78, 5) is 15.8. The average Bonchev–Trinajstić information content (AvgIpc) is 3.31. The number of hydrogen-bond acceptors (Lipinski definition) is 8. The molecule has 0 aromatic carbocycles. The summed E-state index contributed by atoms with van der Waals surface area (Å²) in [6.07, 6.45) is 7.43. The molecule has 1 aliphatic carbocycles. The van der Waals surface area contributed by atoms with Crippen LogP contribution in [-0.4, -0.2) is 50.5 Å². The molecular formula is C21H24N6OS. The second-order valence-electron chi connectivity index (χ2n) is 8.23. The number of rotatable bonds is 5. The van der Waals surface area contributed by atoms with Crippen LogP contribution in [0.25, 0.3) is 11.5 Å². The van der Waals surface area contributed by atoms with E-state index in [1.54, 1.807) is 12.4 Å². The van der Waals surface area contributed by atoms with Crippen molar-refractivity contribution in [1.29, 1.82) is 0 Å². The van der Waals surface area contributed by atoms with Gasteiger partial charge in [-0.25, -0.2) is 9.97 Å². The van der Waals surface area contributed by atoms with Gasteiger partial charge in [0.1, 0.15) is 17.3 Å². The molecule has 1 aliphatic heterocycles. The Hall–Kier alpha value is -2.58. The highest BCUT2D eigenvalue weighted by molar-refractivity contribution is 7.09. The first kappa shape index (κ1) is 18.4. The number of ether oxygens (including phenoxy) is 1. The molecule has 0 amide bonds. The minimum Gasteiger partial charge on any atom is -0.489 e. The molecule has 2 fully saturated rings. The fraction of sp³-hybridized carbons (Fsp3) is 0.429. The minimum atomic E-state index is 0.309. The van der Waals surface area contributed by atoms with Crippen LogP contribution in [0.5, 0.6) is 5.75 Å². The summed E-state index contributed by atoms with van der Waals surface area (Å²) < 4.78 is 10.5. The van der Waals surface area contributed by atoms with Crippen molar-refractivity contribution >= 4 is 22.5 Å². The Morgan fingerprint density at radius 2 is 2.14 bits per heavy atom. The van der Waals surface area contributed by atoms with E-state index in [-0.39, 0.29) is 0 Å². The lowest BCUT2D eigenvalue weighted by Gasteiger charge is -2.44. The van der Waals surface area contributed by atoms with Gasteiger partial charge in [-0.2, -0.15) is 9.36 Å². The van der Waals surface area contributed by atoms with Gasteiger partial charge in [0, 0.05) is 24.3 Å². The predicted molar refractivity (Wildman–Crippen MR) is 114 cm³/mol. The zero-order valence-corrected chi connectivity index (χ0v) is 17.4. The Morgan fingerprint density at radius 3 is 2.86 bits per heavy atom. The van der Waals surface area contributed by atoms with Gasteiger partial charge in [-0.1, -0.05) is 6.07 Å². The van der Waals surface area contributed by atoms with Gasteiger partial charge in [-0.05, 0) is 69.0 Å². The Labute approximate surface area is 174 Å². The minimum absolute atomic E-state index is 0.309. The number of nitrogens with zero attached hydrogens (tertiary/aromatic N) is 5.